The first-order valence-electron chi connectivity index (χ1n) is 8.32. The fraction of sp³-hybridized carbons (Fsp3) is 0.143. The molecule has 0 atom stereocenters. The molecule has 136 valence electrons. The van der Waals surface area contributed by atoms with Crippen LogP contribution in [0.1, 0.15) is 23.1 Å². The lowest BCUT2D eigenvalue weighted by molar-refractivity contribution is 0.0687. The molecule has 0 amide bonds. The van der Waals surface area contributed by atoms with Crippen LogP contribution in [0, 0.1) is 12.4 Å². The lowest BCUT2D eigenvalue weighted by Gasteiger charge is -2.08. The molecular formula is C21H17FN2O3. The number of hydrogen-bond donors (Lipinski definition) is 1. The van der Waals surface area contributed by atoms with Crippen LogP contribution in [-0.4, -0.2) is 15.6 Å². The molecule has 1 heterocycles. The summed E-state index contributed by atoms with van der Waals surface area (Å²) in [4.78, 5) is 15.3. The zero-order chi connectivity index (χ0) is 19.6. The molecule has 0 spiro atoms. The Balaban J connectivity index is 2.01. The summed E-state index contributed by atoms with van der Waals surface area (Å²) in [5.74, 6) is -0.409. The second kappa shape index (κ2) is 7.34. The molecule has 0 saturated carbocycles. The first-order valence-corrected chi connectivity index (χ1v) is 8.32. The van der Waals surface area contributed by atoms with Crippen LogP contribution in [0.15, 0.2) is 48.5 Å². The number of ether oxygens (including phenoxy) is 1. The Bertz CT molecular complexity index is 1030. The molecule has 0 aliphatic heterocycles. The van der Waals surface area contributed by atoms with E-state index in [9.17, 15) is 14.3 Å². The monoisotopic (exact) mass is 364 g/mol. The van der Waals surface area contributed by atoms with Crippen molar-refractivity contribution in [3.8, 4) is 22.6 Å². The Kier molecular flexibility index (Phi) is 4.95. The van der Waals surface area contributed by atoms with Gasteiger partial charge in [0.25, 0.3) is 0 Å². The quantitative estimate of drug-likeness (QED) is 0.614. The number of rotatable bonds is 5. The molecule has 6 heteroatoms. The number of carboxylic acid groups (broad SMARTS) is 1. The number of aromatic carboxylic acids is 1. The minimum atomic E-state index is -1.08. The summed E-state index contributed by atoms with van der Waals surface area (Å²) in [5, 5.41) is 9.63. The van der Waals surface area contributed by atoms with Gasteiger partial charge in [0, 0.05) is 18.3 Å². The van der Waals surface area contributed by atoms with Crippen molar-refractivity contribution < 1.29 is 19.0 Å². The van der Waals surface area contributed by atoms with E-state index in [4.69, 9.17) is 11.3 Å². The van der Waals surface area contributed by atoms with Crippen molar-refractivity contribution in [2.45, 2.75) is 13.3 Å². The molecule has 3 aromatic rings. The largest absolute Gasteiger partial charge is 0.477 e. The van der Waals surface area contributed by atoms with Gasteiger partial charge in [-0.3, -0.25) is 0 Å². The molecule has 0 bridgehead atoms. The average Bonchev–Trinajstić information content (AvgIpc) is 2.95. The number of aromatic nitrogens is 1. The number of nitrogens with zero attached hydrogens (tertiary/aromatic N) is 2. The van der Waals surface area contributed by atoms with Crippen molar-refractivity contribution in [1.82, 2.24) is 4.57 Å². The smallest absolute Gasteiger partial charge is 0.351 e. The number of benzene rings is 2. The molecule has 0 fully saturated rings. The second-order valence-electron chi connectivity index (χ2n) is 5.93. The predicted octanol–water partition coefficient (Wildman–Crippen LogP) is 5.43. The summed E-state index contributed by atoms with van der Waals surface area (Å²) in [6.45, 7) is 9.39. The summed E-state index contributed by atoms with van der Waals surface area (Å²) >= 11 is 0. The van der Waals surface area contributed by atoms with Crippen molar-refractivity contribution in [2.75, 3.05) is 0 Å². The molecule has 0 radical (unpaired) electrons. The van der Waals surface area contributed by atoms with Gasteiger partial charge in [-0.2, -0.15) is 0 Å². The maximum absolute atomic E-state index is 13.0. The summed E-state index contributed by atoms with van der Waals surface area (Å²) in [7, 11) is 1.66. The van der Waals surface area contributed by atoms with Crippen LogP contribution in [-0.2, 0) is 13.5 Å². The third-order valence-electron chi connectivity index (χ3n) is 4.33. The van der Waals surface area contributed by atoms with Crippen LogP contribution in [0.25, 0.3) is 16.0 Å². The lowest BCUT2D eigenvalue weighted by Crippen LogP contribution is -2.07. The van der Waals surface area contributed by atoms with Gasteiger partial charge in [-0.1, -0.05) is 19.1 Å². The van der Waals surface area contributed by atoms with E-state index in [0.29, 0.717) is 40.4 Å². The van der Waals surface area contributed by atoms with Gasteiger partial charge in [0.05, 0.1) is 6.57 Å². The highest BCUT2D eigenvalue weighted by atomic mass is 19.1. The van der Waals surface area contributed by atoms with Crippen LogP contribution in [0.4, 0.5) is 10.1 Å². The number of carbonyl (C=O) groups is 1. The molecular weight excluding hydrogens is 347 g/mol. The normalized spacial score (nSPS) is 10.4. The first kappa shape index (κ1) is 18.2. The van der Waals surface area contributed by atoms with E-state index >= 15 is 0 Å². The lowest BCUT2D eigenvalue weighted by atomic mass is 10.0. The second-order valence-corrected chi connectivity index (χ2v) is 5.93. The van der Waals surface area contributed by atoms with Crippen molar-refractivity contribution in [1.29, 1.82) is 0 Å². The number of halogens is 1. The summed E-state index contributed by atoms with van der Waals surface area (Å²) in [6, 6.07) is 12.5. The van der Waals surface area contributed by atoms with Gasteiger partial charge in [-0.25, -0.2) is 14.0 Å². The van der Waals surface area contributed by atoms with Crippen molar-refractivity contribution in [3.05, 3.63) is 77.2 Å². The summed E-state index contributed by atoms with van der Waals surface area (Å²) in [5.41, 5.74) is 2.16. The fourth-order valence-electron chi connectivity index (χ4n) is 3.10. The molecule has 1 N–H and O–H groups in total. The predicted molar refractivity (Wildman–Crippen MR) is 99.9 cm³/mol. The standard InChI is InChI=1S/C21H17FN2O3/c1-4-17-19(23-2)18(20(21(25)26)24(17)3)13-5-9-15(10-6-13)27-16-11-7-14(22)8-12-16/h5-12H,4H2,1,3H3,(H,25,26). The van der Waals surface area contributed by atoms with Gasteiger partial charge in [-0.05, 0) is 48.4 Å². The molecule has 3 rings (SSSR count). The highest BCUT2D eigenvalue weighted by Gasteiger charge is 2.25. The van der Waals surface area contributed by atoms with Crippen LogP contribution in [0.5, 0.6) is 11.5 Å². The van der Waals surface area contributed by atoms with Gasteiger partial charge in [0.2, 0.25) is 5.69 Å². The summed E-state index contributed by atoms with van der Waals surface area (Å²) in [6.07, 6.45) is 0.556. The number of hydrogen-bond acceptors (Lipinski definition) is 2. The molecule has 0 saturated heterocycles. The van der Waals surface area contributed by atoms with Gasteiger partial charge >= 0.3 is 5.97 Å². The molecule has 2 aromatic carbocycles. The van der Waals surface area contributed by atoms with Crippen LogP contribution in [0.2, 0.25) is 0 Å². The Hall–Kier alpha value is -3.59. The molecule has 5 nitrogen and oxygen atoms in total. The molecule has 0 aliphatic carbocycles. The van der Waals surface area contributed by atoms with Gasteiger partial charge in [-0.15, -0.1) is 0 Å². The third-order valence-corrected chi connectivity index (χ3v) is 4.33. The van der Waals surface area contributed by atoms with Crippen molar-refractivity contribution in [3.63, 3.8) is 0 Å². The maximum Gasteiger partial charge on any atom is 0.351 e. The van der Waals surface area contributed by atoms with E-state index in [2.05, 4.69) is 4.85 Å². The Morgan fingerprint density at radius 1 is 1.15 bits per heavy atom. The van der Waals surface area contributed by atoms with Crippen LogP contribution in [0.3, 0.4) is 0 Å². The zero-order valence-corrected chi connectivity index (χ0v) is 14.9. The van der Waals surface area contributed by atoms with E-state index in [1.54, 1.807) is 35.9 Å². The highest BCUT2D eigenvalue weighted by Crippen LogP contribution is 2.40. The SMILES string of the molecule is [C-]#[N+]c1c(-c2ccc(Oc3ccc(F)cc3)cc2)c(C(=O)O)n(C)c1CC. The Labute approximate surface area is 156 Å². The molecule has 27 heavy (non-hydrogen) atoms. The molecule has 0 aliphatic rings. The van der Waals surface area contributed by atoms with E-state index in [1.165, 1.54) is 24.3 Å². The first-order chi connectivity index (χ1) is 13.0. The van der Waals surface area contributed by atoms with Crippen molar-refractivity contribution >= 4 is 11.7 Å². The Morgan fingerprint density at radius 2 is 1.70 bits per heavy atom. The average molecular weight is 364 g/mol. The summed E-state index contributed by atoms with van der Waals surface area (Å²) < 4.78 is 20.2. The van der Waals surface area contributed by atoms with Gasteiger partial charge < -0.3 is 14.4 Å². The fourth-order valence-corrected chi connectivity index (χ4v) is 3.10. The topological polar surface area (TPSA) is 55.8 Å². The number of carboxylic acids is 1. The Morgan fingerprint density at radius 3 is 2.19 bits per heavy atom. The maximum atomic E-state index is 13.0. The third kappa shape index (κ3) is 3.40. The van der Waals surface area contributed by atoms with E-state index in [1.807, 2.05) is 6.92 Å². The zero-order valence-electron chi connectivity index (χ0n) is 14.9. The van der Waals surface area contributed by atoms with Gasteiger partial charge in [0.1, 0.15) is 23.0 Å². The van der Waals surface area contributed by atoms with E-state index in [0.717, 1.165) is 0 Å². The van der Waals surface area contributed by atoms with Crippen LogP contribution < -0.4 is 4.74 Å². The molecule has 0 unspecified atom stereocenters. The minimum Gasteiger partial charge on any atom is -0.477 e. The van der Waals surface area contributed by atoms with Crippen LogP contribution >= 0.6 is 0 Å². The minimum absolute atomic E-state index is 0.0880. The highest BCUT2D eigenvalue weighted by molar-refractivity contribution is 6.00. The van der Waals surface area contributed by atoms with Gasteiger partial charge in [0.15, 0.2) is 0 Å². The molecule has 1 aromatic heterocycles. The van der Waals surface area contributed by atoms with E-state index in [-0.39, 0.29) is 11.5 Å². The van der Waals surface area contributed by atoms with E-state index < -0.39 is 5.97 Å². The van der Waals surface area contributed by atoms with Crippen molar-refractivity contribution in [2.24, 2.45) is 7.05 Å².